The molecule has 8 aliphatic rings. The third-order valence-electron chi connectivity index (χ3n) is 23.0. The zero-order valence-electron chi connectivity index (χ0n) is 41.0. The first-order valence-electron chi connectivity index (χ1n) is 27.3. The van der Waals surface area contributed by atoms with E-state index < -0.39 is 10.1 Å². The third-order valence-corrected chi connectivity index (χ3v) is 23.8. The fraction of sp³-hybridized carbons (Fsp3) is 0.982. The first-order valence-corrected chi connectivity index (χ1v) is 28.9. The average molecular weight is 899 g/mol. The molecule has 4 unspecified atom stereocenters. The van der Waals surface area contributed by atoms with E-state index in [1.807, 2.05) is 0 Å². The van der Waals surface area contributed by atoms with Crippen molar-refractivity contribution in [2.24, 2.45) is 98.6 Å². The molecule has 8 fully saturated rings. The summed E-state index contributed by atoms with van der Waals surface area (Å²) < 4.78 is 31.2. The van der Waals surface area contributed by atoms with Crippen molar-refractivity contribution in [3.63, 3.8) is 0 Å². The highest BCUT2D eigenvalue weighted by atomic mass is 32.2. The normalized spacial score (nSPS) is 47.9. The van der Waals surface area contributed by atoms with Crippen LogP contribution in [0.5, 0.6) is 0 Å². The molecule has 0 amide bonds. The number of aliphatic hydroxyl groups is 3. The van der Waals surface area contributed by atoms with Gasteiger partial charge in [0.15, 0.2) is 0 Å². The molecule has 0 heterocycles. The Labute approximate surface area is 385 Å². The van der Waals surface area contributed by atoms with Crippen LogP contribution < -0.4 is 0 Å². The minimum Gasteiger partial charge on any atom is -0.393 e. The molecule has 8 heteroatoms. The van der Waals surface area contributed by atoms with Gasteiger partial charge in [-0.25, -0.2) is 0 Å². The van der Waals surface area contributed by atoms with Crippen LogP contribution in [0.25, 0.3) is 0 Å². The third kappa shape index (κ3) is 9.47. The van der Waals surface area contributed by atoms with Crippen molar-refractivity contribution >= 4 is 15.9 Å². The summed E-state index contributed by atoms with van der Waals surface area (Å²) in [4.78, 5) is 12.6. The van der Waals surface area contributed by atoms with Crippen LogP contribution in [-0.2, 0) is 14.9 Å². The molecule has 8 saturated carbocycles. The summed E-state index contributed by atoms with van der Waals surface area (Å²) in [5.41, 5.74) is 1.26. The van der Waals surface area contributed by atoms with E-state index in [-0.39, 0.29) is 48.1 Å². The van der Waals surface area contributed by atoms with Crippen LogP contribution in [0.15, 0.2) is 0 Å². The molecule has 0 bridgehead atoms. The fourth-order valence-corrected chi connectivity index (χ4v) is 20.0. The molecular formula is C55H94O7S. The first kappa shape index (κ1) is 48.9. The number of hydrogen-bond acceptors (Lipinski definition) is 6. The Hall–Kier alpha value is -0.540. The van der Waals surface area contributed by atoms with Gasteiger partial charge in [-0.3, -0.25) is 9.35 Å². The van der Waals surface area contributed by atoms with Gasteiger partial charge in [-0.15, -0.1) is 0 Å². The van der Waals surface area contributed by atoms with Gasteiger partial charge in [-0.1, -0.05) is 86.5 Å². The Morgan fingerprint density at radius 2 is 1.05 bits per heavy atom. The highest BCUT2D eigenvalue weighted by molar-refractivity contribution is 7.85. The number of fused-ring (bicyclic) bond motifs is 10. The van der Waals surface area contributed by atoms with Crippen molar-refractivity contribution in [2.75, 3.05) is 5.75 Å². The largest absolute Gasteiger partial charge is 0.393 e. The SMILES string of the molecule is C[C@H](CCCCCCC[C@H]1CC[C@]2(C)C(C1)C[C@@H](O)[C@@H]1C3CC[C@@H]([C@@H](C)CCC(=O)CCCS(=O)(=O)O)[C@]3(C)CC[C@H]12)[C@H]1CCC2[C@@H]3[C@@H](O)CC4C[C@H](O)CC[C@]4(C)[C@H]3CC[C@@]21C. The quantitative estimate of drug-likeness (QED) is 0.0844. The van der Waals surface area contributed by atoms with E-state index in [1.165, 1.54) is 116 Å². The number of ketones is 1. The van der Waals surface area contributed by atoms with Crippen LogP contribution >= 0.6 is 0 Å². The molecule has 0 aromatic heterocycles. The second-order valence-corrected chi connectivity index (χ2v) is 27.5. The van der Waals surface area contributed by atoms with Gasteiger partial charge in [-0.05, 0) is 214 Å². The van der Waals surface area contributed by atoms with E-state index in [0.717, 1.165) is 56.3 Å². The van der Waals surface area contributed by atoms with Crippen molar-refractivity contribution < 1.29 is 33.1 Å². The molecule has 0 aliphatic heterocycles. The van der Waals surface area contributed by atoms with Gasteiger partial charge >= 0.3 is 0 Å². The van der Waals surface area contributed by atoms with Crippen LogP contribution in [0.3, 0.4) is 0 Å². The molecule has 20 atom stereocenters. The molecule has 0 spiro atoms. The van der Waals surface area contributed by atoms with E-state index in [0.29, 0.717) is 81.8 Å². The lowest BCUT2D eigenvalue weighted by molar-refractivity contribution is -0.174. The zero-order valence-corrected chi connectivity index (χ0v) is 41.8. The molecule has 63 heavy (non-hydrogen) atoms. The summed E-state index contributed by atoms with van der Waals surface area (Å²) in [5, 5.41) is 34.2. The van der Waals surface area contributed by atoms with Gasteiger partial charge in [0.25, 0.3) is 10.1 Å². The first-order chi connectivity index (χ1) is 29.8. The van der Waals surface area contributed by atoms with Crippen molar-refractivity contribution in [1.82, 2.24) is 0 Å². The summed E-state index contributed by atoms with van der Waals surface area (Å²) in [6.45, 7) is 15.2. The summed E-state index contributed by atoms with van der Waals surface area (Å²) in [6.07, 6.45) is 29.9. The molecular weight excluding hydrogens is 805 g/mol. The molecule has 362 valence electrons. The molecule has 8 rings (SSSR count). The maximum atomic E-state index is 12.6. The maximum absolute atomic E-state index is 12.6. The number of Topliss-reactive ketones (excluding diaryl/α,β-unsaturated/α-hetero) is 1. The van der Waals surface area contributed by atoms with Crippen LogP contribution in [0.4, 0.5) is 0 Å². The predicted molar refractivity (Wildman–Crippen MR) is 253 cm³/mol. The van der Waals surface area contributed by atoms with E-state index >= 15 is 0 Å². The Kier molecular flexibility index (Phi) is 14.8. The molecule has 0 radical (unpaired) electrons. The van der Waals surface area contributed by atoms with E-state index in [1.54, 1.807) is 0 Å². The number of carbonyl (C=O) groups is 1. The van der Waals surface area contributed by atoms with Crippen molar-refractivity contribution in [1.29, 1.82) is 0 Å². The van der Waals surface area contributed by atoms with E-state index in [9.17, 15) is 28.5 Å². The lowest BCUT2D eigenvalue weighted by Crippen LogP contribution is -2.58. The van der Waals surface area contributed by atoms with Gasteiger partial charge in [-0.2, -0.15) is 8.42 Å². The Morgan fingerprint density at radius 3 is 1.63 bits per heavy atom. The van der Waals surface area contributed by atoms with E-state index in [2.05, 4.69) is 41.5 Å². The van der Waals surface area contributed by atoms with Crippen molar-refractivity contribution in [3.8, 4) is 0 Å². The van der Waals surface area contributed by atoms with Gasteiger partial charge < -0.3 is 15.3 Å². The van der Waals surface area contributed by atoms with Crippen LogP contribution in [0, 0.1) is 98.6 Å². The highest BCUT2D eigenvalue weighted by Gasteiger charge is 2.64. The smallest absolute Gasteiger partial charge is 0.264 e. The maximum Gasteiger partial charge on any atom is 0.264 e. The van der Waals surface area contributed by atoms with Crippen LogP contribution in [0.2, 0.25) is 0 Å². The summed E-state index contributed by atoms with van der Waals surface area (Å²) in [6, 6.07) is 0. The highest BCUT2D eigenvalue weighted by Crippen LogP contribution is 2.70. The lowest BCUT2D eigenvalue weighted by atomic mass is 9.43. The standard InChI is InChI=1S/C55H94O7S/c1-35(42-18-20-44-51-47(25-28-54(42,44)5)53(4)27-23-41(57)32-39(53)34-49(51)59)13-10-8-7-9-11-14-37-22-26-52(3)38(31-37)33-48(58)50-45-21-19-43(55(45,6)29-24-46(50)52)36(2)16-17-40(56)15-12-30-63(60,61)62/h35-39,41-51,57-59H,7-34H2,1-6H3,(H,60,61,62)/t35-,36+,37+,38?,39?,41-,42-,43+,44?,45?,46-,47+,48-,49+,50-,51+,52-,53+,54-,55+/m1/s1. The van der Waals surface area contributed by atoms with Crippen LogP contribution in [-0.4, -0.2) is 58.1 Å². The monoisotopic (exact) mass is 899 g/mol. The minimum atomic E-state index is -4.02. The van der Waals surface area contributed by atoms with Gasteiger partial charge in [0.1, 0.15) is 5.78 Å². The van der Waals surface area contributed by atoms with Crippen molar-refractivity contribution in [2.45, 2.75) is 233 Å². The van der Waals surface area contributed by atoms with Crippen LogP contribution in [0.1, 0.15) is 215 Å². The van der Waals surface area contributed by atoms with Gasteiger partial charge in [0.2, 0.25) is 0 Å². The molecule has 7 nitrogen and oxygen atoms in total. The zero-order chi connectivity index (χ0) is 45.1. The summed E-state index contributed by atoms with van der Waals surface area (Å²) in [5.74, 6) is 7.67. The second-order valence-electron chi connectivity index (χ2n) is 25.9. The number of rotatable bonds is 17. The Balaban J connectivity index is 0.744. The molecule has 0 aromatic rings. The van der Waals surface area contributed by atoms with Gasteiger partial charge in [0.05, 0.1) is 24.1 Å². The number of hydrogen-bond donors (Lipinski definition) is 4. The summed E-state index contributed by atoms with van der Waals surface area (Å²) >= 11 is 0. The van der Waals surface area contributed by atoms with E-state index in [4.69, 9.17) is 4.55 Å². The Bertz CT molecular complexity index is 1680. The Morgan fingerprint density at radius 1 is 0.556 bits per heavy atom. The predicted octanol–water partition coefficient (Wildman–Crippen LogP) is 12.2. The molecule has 4 N–H and O–H groups in total. The number of unbranched alkanes of at least 4 members (excludes halogenated alkanes) is 4. The molecule has 0 saturated heterocycles. The average Bonchev–Trinajstić information content (AvgIpc) is 3.77. The lowest BCUT2D eigenvalue weighted by Gasteiger charge is -2.62. The molecule has 8 aliphatic carbocycles. The van der Waals surface area contributed by atoms with Gasteiger partial charge in [0, 0.05) is 12.8 Å². The second kappa shape index (κ2) is 19.1. The van der Waals surface area contributed by atoms with Crippen molar-refractivity contribution in [3.05, 3.63) is 0 Å². The number of aliphatic hydroxyl groups excluding tert-OH is 3. The minimum absolute atomic E-state index is 0.105. The molecule has 0 aromatic carbocycles. The fourth-order valence-electron chi connectivity index (χ4n) is 19.5. The summed E-state index contributed by atoms with van der Waals surface area (Å²) in [7, 11) is -4.02. The number of carbonyl (C=O) groups excluding carboxylic acids is 1. The topological polar surface area (TPSA) is 132 Å².